The van der Waals surface area contributed by atoms with Gasteiger partial charge in [0.2, 0.25) is 0 Å². The van der Waals surface area contributed by atoms with E-state index in [9.17, 15) is 0 Å². The molecule has 2 aromatic heterocycles. The lowest BCUT2D eigenvalue weighted by molar-refractivity contribution is 0.357. The molecule has 3 aromatic rings. The van der Waals surface area contributed by atoms with E-state index in [0.29, 0.717) is 5.82 Å². The van der Waals surface area contributed by atoms with E-state index in [4.69, 9.17) is 15.5 Å². The molecule has 7 nitrogen and oxygen atoms in total. The van der Waals surface area contributed by atoms with Gasteiger partial charge in [0.05, 0.1) is 17.8 Å². The molecule has 0 saturated carbocycles. The first-order valence-electron chi connectivity index (χ1n) is 10.7. The number of hydrogen-bond donors (Lipinski definition) is 2. The SMILES string of the molecule is CN(C)c1cc2c(cc1Sc1nc3c(N)nccc3n1CCNCC(C)(C)C)CCO2. The fraction of sp³-hybridized carbons (Fsp3) is 0.478. The molecule has 0 atom stereocenters. The third-order valence-electron chi connectivity index (χ3n) is 5.28. The van der Waals surface area contributed by atoms with Gasteiger partial charge in [-0.2, -0.15) is 0 Å². The van der Waals surface area contributed by atoms with Crippen LogP contribution in [-0.4, -0.2) is 48.3 Å². The summed E-state index contributed by atoms with van der Waals surface area (Å²) in [6.07, 6.45) is 2.70. The van der Waals surface area contributed by atoms with E-state index in [1.54, 1.807) is 18.0 Å². The Morgan fingerprint density at radius 2 is 2.10 bits per heavy atom. The number of fused-ring (bicyclic) bond motifs is 2. The topological polar surface area (TPSA) is 81.2 Å². The van der Waals surface area contributed by atoms with Crippen molar-refractivity contribution in [3.05, 3.63) is 30.0 Å². The number of ether oxygens (including phenoxy) is 1. The van der Waals surface area contributed by atoms with Gasteiger partial charge in [0.25, 0.3) is 0 Å². The molecule has 0 unspecified atom stereocenters. The van der Waals surface area contributed by atoms with Crippen LogP contribution < -0.4 is 20.7 Å². The summed E-state index contributed by atoms with van der Waals surface area (Å²) in [6.45, 7) is 10.1. The Bertz CT molecular complexity index is 1090. The number of rotatable bonds is 7. The van der Waals surface area contributed by atoms with Crippen molar-refractivity contribution in [1.82, 2.24) is 19.9 Å². The van der Waals surface area contributed by atoms with E-state index in [2.05, 4.69) is 66.8 Å². The highest BCUT2D eigenvalue weighted by Crippen LogP contribution is 2.41. The Balaban J connectivity index is 1.68. The van der Waals surface area contributed by atoms with Crippen molar-refractivity contribution in [1.29, 1.82) is 0 Å². The lowest BCUT2D eigenvalue weighted by atomic mass is 9.97. The molecule has 31 heavy (non-hydrogen) atoms. The Morgan fingerprint density at radius 3 is 2.84 bits per heavy atom. The minimum absolute atomic E-state index is 0.246. The Hall–Kier alpha value is -2.45. The molecule has 0 spiro atoms. The third-order valence-corrected chi connectivity index (χ3v) is 6.32. The molecule has 0 fully saturated rings. The number of nitrogens with two attached hydrogens (primary N) is 1. The highest BCUT2D eigenvalue weighted by molar-refractivity contribution is 7.99. The number of nitrogens with zero attached hydrogens (tertiary/aromatic N) is 4. The van der Waals surface area contributed by atoms with E-state index in [0.717, 1.165) is 60.3 Å². The number of aromatic nitrogens is 3. The highest BCUT2D eigenvalue weighted by atomic mass is 32.2. The number of nitrogen functional groups attached to an aromatic ring is 1. The quantitative estimate of drug-likeness (QED) is 0.541. The van der Waals surface area contributed by atoms with Gasteiger partial charge >= 0.3 is 0 Å². The average molecular weight is 441 g/mol. The summed E-state index contributed by atoms with van der Waals surface area (Å²) in [7, 11) is 4.12. The van der Waals surface area contributed by atoms with Crippen molar-refractivity contribution >= 4 is 34.3 Å². The summed E-state index contributed by atoms with van der Waals surface area (Å²) in [4.78, 5) is 12.4. The summed E-state index contributed by atoms with van der Waals surface area (Å²) >= 11 is 1.68. The van der Waals surface area contributed by atoms with Crippen LogP contribution in [0.15, 0.2) is 34.4 Å². The van der Waals surface area contributed by atoms with Gasteiger partial charge in [-0.25, -0.2) is 9.97 Å². The molecule has 0 amide bonds. The molecule has 3 N–H and O–H groups in total. The van der Waals surface area contributed by atoms with Crippen molar-refractivity contribution in [3.8, 4) is 5.75 Å². The van der Waals surface area contributed by atoms with Crippen LogP contribution in [0.4, 0.5) is 11.5 Å². The largest absolute Gasteiger partial charge is 0.493 e. The number of anilines is 2. The van der Waals surface area contributed by atoms with Crippen LogP contribution in [0.5, 0.6) is 5.75 Å². The fourth-order valence-corrected chi connectivity index (χ4v) is 4.90. The first-order valence-corrected chi connectivity index (χ1v) is 11.5. The standard InChI is InChI=1S/C23H32N6OS/c1-23(2,3)14-25-9-10-29-16-6-8-26-21(24)20(16)27-22(29)31-19-12-15-7-11-30-18(15)13-17(19)28(4)5/h6,8,12-13,25H,7,9-11,14H2,1-5H3,(H2,24,26). The molecular weight excluding hydrogens is 408 g/mol. The molecule has 3 heterocycles. The lowest BCUT2D eigenvalue weighted by Crippen LogP contribution is -2.29. The third kappa shape index (κ3) is 4.75. The van der Waals surface area contributed by atoms with Gasteiger partial charge in [-0.1, -0.05) is 20.8 Å². The van der Waals surface area contributed by atoms with E-state index in [1.807, 2.05) is 6.07 Å². The lowest BCUT2D eigenvalue weighted by Gasteiger charge is -2.20. The van der Waals surface area contributed by atoms with Gasteiger partial charge in [-0.05, 0) is 34.9 Å². The van der Waals surface area contributed by atoms with Crippen molar-refractivity contribution in [2.24, 2.45) is 5.41 Å². The molecule has 166 valence electrons. The van der Waals surface area contributed by atoms with Crippen LogP contribution in [0.25, 0.3) is 11.0 Å². The van der Waals surface area contributed by atoms with Gasteiger partial charge in [0, 0.05) is 57.3 Å². The number of nitrogens with one attached hydrogen (secondary N) is 1. The van der Waals surface area contributed by atoms with E-state index < -0.39 is 0 Å². The second kappa shape index (κ2) is 8.59. The van der Waals surface area contributed by atoms with Crippen molar-refractivity contribution in [2.45, 2.75) is 43.8 Å². The molecule has 0 bridgehead atoms. The first-order chi connectivity index (χ1) is 14.7. The molecule has 0 aliphatic carbocycles. The minimum atomic E-state index is 0.246. The zero-order chi connectivity index (χ0) is 22.2. The summed E-state index contributed by atoms with van der Waals surface area (Å²) in [5.41, 5.74) is 10.6. The molecule has 1 aliphatic heterocycles. The van der Waals surface area contributed by atoms with Crippen LogP contribution in [0, 0.1) is 5.41 Å². The monoisotopic (exact) mass is 440 g/mol. The molecule has 0 radical (unpaired) electrons. The predicted octanol–water partition coefficient (Wildman–Crippen LogP) is 3.80. The average Bonchev–Trinajstić information content (AvgIpc) is 3.29. The Kier molecular flexibility index (Phi) is 6.03. The summed E-state index contributed by atoms with van der Waals surface area (Å²) in [5.74, 6) is 1.46. The fourth-order valence-electron chi connectivity index (χ4n) is 3.72. The van der Waals surface area contributed by atoms with Crippen LogP contribution in [-0.2, 0) is 13.0 Å². The molecular formula is C23H32N6OS. The number of hydrogen-bond acceptors (Lipinski definition) is 7. The number of pyridine rings is 1. The summed E-state index contributed by atoms with van der Waals surface area (Å²) in [5, 5.41) is 4.49. The molecule has 8 heteroatoms. The minimum Gasteiger partial charge on any atom is -0.493 e. The van der Waals surface area contributed by atoms with Crippen molar-refractivity contribution in [3.63, 3.8) is 0 Å². The van der Waals surface area contributed by atoms with Gasteiger partial charge in [-0.3, -0.25) is 0 Å². The Labute approximate surface area is 188 Å². The van der Waals surface area contributed by atoms with Crippen LogP contribution >= 0.6 is 11.8 Å². The maximum Gasteiger partial charge on any atom is 0.174 e. The Morgan fingerprint density at radius 1 is 1.29 bits per heavy atom. The van der Waals surface area contributed by atoms with Gasteiger partial charge in [0.1, 0.15) is 11.3 Å². The van der Waals surface area contributed by atoms with Gasteiger partial charge < -0.3 is 25.3 Å². The van der Waals surface area contributed by atoms with Crippen LogP contribution in [0.2, 0.25) is 0 Å². The maximum absolute atomic E-state index is 6.16. The van der Waals surface area contributed by atoms with E-state index in [1.165, 1.54) is 10.5 Å². The van der Waals surface area contributed by atoms with Crippen LogP contribution in [0.3, 0.4) is 0 Å². The van der Waals surface area contributed by atoms with Crippen molar-refractivity contribution in [2.75, 3.05) is 44.4 Å². The van der Waals surface area contributed by atoms with Crippen molar-refractivity contribution < 1.29 is 4.74 Å². The zero-order valence-electron chi connectivity index (χ0n) is 19.0. The summed E-state index contributed by atoms with van der Waals surface area (Å²) < 4.78 is 8.03. The normalized spacial score (nSPS) is 13.5. The zero-order valence-corrected chi connectivity index (χ0v) is 19.8. The van der Waals surface area contributed by atoms with E-state index in [-0.39, 0.29) is 5.41 Å². The highest BCUT2D eigenvalue weighted by Gasteiger charge is 2.21. The molecule has 1 aliphatic rings. The number of benzene rings is 1. The van der Waals surface area contributed by atoms with E-state index >= 15 is 0 Å². The second-order valence-corrected chi connectivity index (χ2v) is 10.4. The first kappa shape index (κ1) is 21.8. The predicted molar refractivity (Wildman–Crippen MR) is 128 cm³/mol. The summed E-state index contributed by atoms with van der Waals surface area (Å²) in [6, 6.07) is 6.37. The molecule has 4 rings (SSSR count). The van der Waals surface area contributed by atoms with Crippen LogP contribution in [0.1, 0.15) is 26.3 Å². The molecule has 0 saturated heterocycles. The smallest absolute Gasteiger partial charge is 0.174 e. The number of imidazole rings is 1. The maximum atomic E-state index is 6.16. The molecule has 1 aromatic carbocycles. The van der Waals surface area contributed by atoms with Gasteiger partial charge in [0.15, 0.2) is 11.0 Å². The second-order valence-electron chi connectivity index (χ2n) is 9.37. The van der Waals surface area contributed by atoms with Gasteiger partial charge in [-0.15, -0.1) is 0 Å².